The number of aliphatic hydroxyl groups excluding tert-OH is 1. The molecule has 110 valence electrons. The first kappa shape index (κ1) is 14.0. The third kappa shape index (κ3) is 3.37. The van der Waals surface area contributed by atoms with Crippen LogP contribution in [0.3, 0.4) is 0 Å². The van der Waals surface area contributed by atoms with Crippen molar-refractivity contribution in [2.75, 3.05) is 13.2 Å². The van der Waals surface area contributed by atoms with Gasteiger partial charge in [0.25, 0.3) is 0 Å². The molecule has 1 aliphatic rings. The molecule has 1 heterocycles. The molecular formula is C18H20O3. The van der Waals surface area contributed by atoms with Crippen molar-refractivity contribution in [1.82, 2.24) is 0 Å². The van der Waals surface area contributed by atoms with Crippen molar-refractivity contribution in [3.63, 3.8) is 0 Å². The van der Waals surface area contributed by atoms with E-state index in [-0.39, 0.29) is 0 Å². The van der Waals surface area contributed by atoms with Gasteiger partial charge in [0, 0.05) is 12.8 Å². The summed E-state index contributed by atoms with van der Waals surface area (Å²) in [6.07, 6.45) is 1.40. The lowest BCUT2D eigenvalue weighted by molar-refractivity contribution is 0.198. The predicted octanol–water partition coefficient (Wildman–Crippen LogP) is 3.30. The molecule has 0 radical (unpaired) electrons. The number of benzene rings is 2. The van der Waals surface area contributed by atoms with Crippen molar-refractivity contribution < 1.29 is 14.6 Å². The van der Waals surface area contributed by atoms with Crippen LogP contribution in [0.15, 0.2) is 42.5 Å². The van der Waals surface area contributed by atoms with E-state index < -0.39 is 6.10 Å². The van der Waals surface area contributed by atoms with Gasteiger partial charge in [0.05, 0.1) is 19.3 Å². The number of ether oxygens (including phenoxy) is 2. The first-order valence-electron chi connectivity index (χ1n) is 7.38. The largest absolute Gasteiger partial charge is 0.493 e. The molecule has 0 spiro atoms. The Balaban J connectivity index is 1.57. The van der Waals surface area contributed by atoms with E-state index in [4.69, 9.17) is 9.47 Å². The summed E-state index contributed by atoms with van der Waals surface area (Å²) >= 11 is 0. The minimum Gasteiger partial charge on any atom is -0.493 e. The van der Waals surface area contributed by atoms with E-state index in [1.807, 2.05) is 30.3 Å². The first-order valence-corrected chi connectivity index (χ1v) is 7.38. The first-order chi connectivity index (χ1) is 10.2. The summed E-state index contributed by atoms with van der Waals surface area (Å²) in [6.45, 7) is 3.18. The summed E-state index contributed by atoms with van der Waals surface area (Å²) in [7, 11) is 0. The quantitative estimate of drug-likeness (QED) is 0.915. The van der Waals surface area contributed by atoms with Crippen LogP contribution in [0, 0.1) is 0 Å². The molecule has 21 heavy (non-hydrogen) atoms. The Labute approximate surface area is 125 Å². The fourth-order valence-electron chi connectivity index (χ4n) is 2.55. The van der Waals surface area contributed by atoms with Crippen LogP contribution in [0.5, 0.6) is 11.5 Å². The summed E-state index contributed by atoms with van der Waals surface area (Å²) in [5.74, 6) is 1.82. The second-order valence-corrected chi connectivity index (χ2v) is 5.39. The molecule has 3 nitrogen and oxygen atoms in total. The van der Waals surface area contributed by atoms with Crippen molar-refractivity contribution in [1.29, 1.82) is 0 Å². The van der Waals surface area contributed by atoms with Crippen LogP contribution in [0.4, 0.5) is 0 Å². The van der Waals surface area contributed by atoms with E-state index in [0.717, 1.165) is 36.5 Å². The molecule has 3 heteroatoms. The number of rotatable bonds is 5. The highest BCUT2D eigenvalue weighted by atomic mass is 16.5. The highest BCUT2D eigenvalue weighted by Gasteiger charge is 2.11. The lowest BCUT2D eigenvalue weighted by Crippen LogP contribution is -2.02. The number of hydrogen-bond acceptors (Lipinski definition) is 3. The van der Waals surface area contributed by atoms with Gasteiger partial charge in [-0.25, -0.2) is 0 Å². The molecule has 1 atom stereocenters. The SMILES string of the molecule is CC(O)c1cccc(OCCc2ccc3c(c2)CCO3)c1. The van der Waals surface area contributed by atoms with E-state index in [1.54, 1.807) is 6.92 Å². The van der Waals surface area contributed by atoms with Crippen LogP contribution < -0.4 is 9.47 Å². The van der Waals surface area contributed by atoms with Gasteiger partial charge >= 0.3 is 0 Å². The van der Waals surface area contributed by atoms with Gasteiger partial charge in [-0.1, -0.05) is 24.3 Å². The molecule has 2 aromatic rings. The van der Waals surface area contributed by atoms with Crippen molar-refractivity contribution in [3.8, 4) is 11.5 Å². The number of fused-ring (bicyclic) bond motifs is 1. The zero-order chi connectivity index (χ0) is 14.7. The molecule has 1 unspecified atom stereocenters. The van der Waals surface area contributed by atoms with Crippen LogP contribution >= 0.6 is 0 Å². The Morgan fingerprint density at radius 3 is 3.00 bits per heavy atom. The third-order valence-electron chi connectivity index (χ3n) is 3.75. The van der Waals surface area contributed by atoms with Gasteiger partial charge in [0.2, 0.25) is 0 Å². The van der Waals surface area contributed by atoms with Crippen LogP contribution in [-0.4, -0.2) is 18.3 Å². The van der Waals surface area contributed by atoms with Crippen molar-refractivity contribution in [3.05, 3.63) is 59.2 Å². The topological polar surface area (TPSA) is 38.7 Å². The molecule has 0 saturated carbocycles. The maximum Gasteiger partial charge on any atom is 0.122 e. The average molecular weight is 284 g/mol. The lowest BCUT2D eigenvalue weighted by Gasteiger charge is -2.10. The minimum absolute atomic E-state index is 0.467. The minimum atomic E-state index is -0.467. The van der Waals surface area contributed by atoms with Crippen molar-refractivity contribution in [2.45, 2.75) is 25.9 Å². The summed E-state index contributed by atoms with van der Waals surface area (Å²) < 4.78 is 11.3. The van der Waals surface area contributed by atoms with Gasteiger partial charge < -0.3 is 14.6 Å². The predicted molar refractivity (Wildman–Crippen MR) is 81.9 cm³/mol. The zero-order valence-electron chi connectivity index (χ0n) is 12.2. The monoisotopic (exact) mass is 284 g/mol. The summed E-state index contributed by atoms with van der Waals surface area (Å²) in [5, 5.41) is 9.57. The Kier molecular flexibility index (Phi) is 4.11. The summed E-state index contributed by atoms with van der Waals surface area (Å²) in [4.78, 5) is 0. The van der Waals surface area contributed by atoms with Gasteiger partial charge in [-0.15, -0.1) is 0 Å². The molecule has 0 aliphatic carbocycles. The van der Waals surface area contributed by atoms with E-state index in [9.17, 15) is 5.11 Å². The summed E-state index contributed by atoms with van der Waals surface area (Å²) in [6, 6.07) is 14.0. The van der Waals surface area contributed by atoms with Gasteiger partial charge in [-0.2, -0.15) is 0 Å². The maximum atomic E-state index is 9.57. The fraction of sp³-hybridized carbons (Fsp3) is 0.333. The zero-order valence-corrected chi connectivity index (χ0v) is 12.2. The normalized spacial score (nSPS) is 14.4. The molecule has 1 N–H and O–H groups in total. The molecule has 0 aromatic heterocycles. The summed E-state index contributed by atoms with van der Waals surface area (Å²) in [5.41, 5.74) is 3.44. The molecule has 0 fully saturated rings. The third-order valence-corrected chi connectivity index (χ3v) is 3.75. The molecule has 0 saturated heterocycles. The van der Waals surface area contributed by atoms with Crippen molar-refractivity contribution in [2.24, 2.45) is 0 Å². The average Bonchev–Trinajstić information content (AvgIpc) is 2.95. The Bertz CT molecular complexity index is 620. The van der Waals surface area contributed by atoms with E-state index in [2.05, 4.69) is 12.1 Å². The second-order valence-electron chi connectivity index (χ2n) is 5.39. The Morgan fingerprint density at radius 2 is 2.14 bits per heavy atom. The fourth-order valence-corrected chi connectivity index (χ4v) is 2.55. The second kappa shape index (κ2) is 6.19. The lowest BCUT2D eigenvalue weighted by atomic mass is 10.1. The maximum absolute atomic E-state index is 9.57. The van der Waals surface area contributed by atoms with Gasteiger partial charge in [0.15, 0.2) is 0 Å². The standard InChI is InChI=1S/C18H20O3/c1-13(19)15-3-2-4-17(12-15)20-9-7-14-5-6-18-16(11-14)8-10-21-18/h2-6,11-13,19H,7-10H2,1H3. The van der Waals surface area contributed by atoms with Crippen LogP contribution in [0.25, 0.3) is 0 Å². The van der Waals surface area contributed by atoms with Gasteiger partial charge in [-0.3, -0.25) is 0 Å². The molecule has 0 bridgehead atoms. The van der Waals surface area contributed by atoms with E-state index in [1.165, 1.54) is 11.1 Å². The van der Waals surface area contributed by atoms with Crippen LogP contribution in [-0.2, 0) is 12.8 Å². The Hall–Kier alpha value is -2.00. The molecular weight excluding hydrogens is 264 g/mol. The van der Waals surface area contributed by atoms with Crippen LogP contribution in [0.2, 0.25) is 0 Å². The highest BCUT2D eigenvalue weighted by Crippen LogP contribution is 2.26. The van der Waals surface area contributed by atoms with Gasteiger partial charge in [0.1, 0.15) is 11.5 Å². The van der Waals surface area contributed by atoms with Crippen molar-refractivity contribution >= 4 is 0 Å². The smallest absolute Gasteiger partial charge is 0.122 e. The van der Waals surface area contributed by atoms with Crippen LogP contribution in [0.1, 0.15) is 29.7 Å². The Morgan fingerprint density at radius 1 is 1.24 bits per heavy atom. The highest BCUT2D eigenvalue weighted by molar-refractivity contribution is 5.40. The van der Waals surface area contributed by atoms with Gasteiger partial charge in [-0.05, 0) is 41.8 Å². The number of hydrogen-bond donors (Lipinski definition) is 1. The van der Waals surface area contributed by atoms with E-state index in [0.29, 0.717) is 6.61 Å². The molecule has 3 rings (SSSR count). The molecule has 1 aliphatic heterocycles. The molecule has 2 aromatic carbocycles. The number of aliphatic hydroxyl groups is 1. The van der Waals surface area contributed by atoms with E-state index >= 15 is 0 Å². The molecule has 0 amide bonds.